The monoisotopic (exact) mass is 456 g/mol. The van der Waals surface area contributed by atoms with E-state index in [1.165, 1.54) is 12.1 Å². The maximum Gasteiger partial charge on any atom is 0.256 e. The van der Waals surface area contributed by atoms with Crippen LogP contribution in [0.5, 0.6) is 0 Å². The molecule has 1 aromatic heterocycles. The van der Waals surface area contributed by atoms with E-state index in [2.05, 4.69) is 22.8 Å². The number of aromatic nitrogens is 2. The summed E-state index contributed by atoms with van der Waals surface area (Å²) in [6.45, 7) is 6.54. The molecule has 0 radical (unpaired) electrons. The Labute approximate surface area is 197 Å². The predicted octanol–water partition coefficient (Wildman–Crippen LogP) is 4.09. The highest BCUT2D eigenvalue weighted by Crippen LogP contribution is 2.26. The van der Waals surface area contributed by atoms with E-state index in [1.807, 2.05) is 23.6 Å². The lowest BCUT2D eigenvalue weighted by atomic mass is 10.0. The minimum Gasteiger partial charge on any atom is -0.338 e. The summed E-state index contributed by atoms with van der Waals surface area (Å²) in [5, 5.41) is 9.04. The number of piperidine rings is 1. The van der Waals surface area contributed by atoms with Crippen molar-refractivity contribution in [2.45, 2.75) is 25.8 Å². The Morgan fingerprint density at radius 2 is 1.97 bits per heavy atom. The van der Waals surface area contributed by atoms with Gasteiger partial charge in [-0.25, -0.2) is 9.37 Å². The summed E-state index contributed by atoms with van der Waals surface area (Å²) in [5.74, 6) is -0.237. The molecule has 8 heteroatoms. The molecule has 7 nitrogen and oxygen atoms in total. The molecule has 3 aromatic rings. The quantitative estimate of drug-likeness (QED) is 0.585. The van der Waals surface area contributed by atoms with E-state index in [0.29, 0.717) is 48.6 Å². The van der Waals surface area contributed by atoms with E-state index in [0.717, 1.165) is 11.3 Å². The minimum atomic E-state index is -0.610. The van der Waals surface area contributed by atoms with Gasteiger partial charge in [0, 0.05) is 36.5 Å². The van der Waals surface area contributed by atoms with Crippen molar-refractivity contribution in [3.8, 4) is 17.3 Å². The van der Waals surface area contributed by atoms with Gasteiger partial charge in [0.1, 0.15) is 11.6 Å². The number of nitrogens with two attached hydrogens (primary N) is 1. The number of imidazole rings is 1. The van der Waals surface area contributed by atoms with Crippen molar-refractivity contribution in [2.24, 2.45) is 10.7 Å². The van der Waals surface area contributed by atoms with Crippen LogP contribution in [0.2, 0.25) is 0 Å². The van der Waals surface area contributed by atoms with Gasteiger partial charge in [0.15, 0.2) is 0 Å². The van der Waals surface area contributed by atoms with Crippen LogP contribution < -0.4 is 5.73 Å². The fourth-order valence-electron chi connectivity index (χ4n) is 4.00. The molecule has 1 amide bonds. The van der Waals surface area contributed by atoms with Crippen molar-refractivity contribution in [3.63, 3.8) is 0 Å². The maximum absolute atomic E-state index is 15.0. The fraction of sp³-hybridized carbons (Fsp3) is 0.231. The molecule has 2 aromatic carbocycles. The molecular weight excluding hydrogens is 431 g/mol. The SMILES string of the molecule is C=N/C(=C\n1c(-c2ccc(C#N)cc2)cnc1C)c1ccc(C(=O)N2CCC(N)CC2)c(F)c1. The van der Waals surface area contributed by atoms with E-state index in [1.54, 1.807) is 35.5 Å². The Bertz CT molecular complexity index is 1290. The second-order valence-corrected chi connectivity index (χ2v) is 8.25. The third-order valence-corrected chi connectivity index (χ3v) is 6.04. The lowest BCUT2D eigenvalue weighted by molar-refractivity contribution is 0.0710. The number of likely N-dealkylation sites (tertiary alicyclic amines) is 1. The van der Waals surface area contributed by atoms with E-state index >= 15 is 0 Å². The lowest BCUT2D eigenvalue weighted by Gasteiger charge is -2.30. The molecule has 0 spiro atoms. The normalized spacial score (nSPS) is 14.6. The molecule has 1 aliphatic heterocycles. The zero-order valence-electron chi connectivity index (χ0n) is 18.9. The van der Waals surface area contributed by atoms with Gasteiger partial charge in [-0.15, -0.1) is 0 Å². The summed E-state index contributed by atoms with van der Waals surface area (Å²) in [4.78, 5) is 22.9. The molecule has 0 bridgehead atoms. The van der Waals surface area contributed by atoms with Crippen molar-refractivity contribution >= 4 is 24.5 Å². The van der Waals surface area contributed by atoms with Gasteiger partial charge in [0.2, 0.25) is 0 Å². The highest BCUT2D eigenvalue weighted by molar-refractivity contribution is 5.95. The topological polar surface area (TPSA) is 100 Å². The van der Waals surface area contributed by atoms with Gasteiger partial charge < -0.3 is 15.2 Å². The van der Waals surface area contributed by atoms with Gasteiger partial charge in [0.05, 0.1) is 34.8 Å². The number of hydrogen-bond donors (Lipinski definition) is 1. The van der Waals surface area contributed by atoms with Crippen molar-refractivity contribution in [3.05, 3.63) is 77.0 Å². The molecule has 2 N–H and O–H groups in total. The van der Waals surface area contributed by atoms with E-state index in [4.69, 9.17) is 11.0 Å². The second kappa shape index (κ2) is 9.81. The molecule has 172 valence electrons. The van der Waals surface area contributed by atoms with Crippen LogP contribution in [-0.2, 0) is 0 Å². The highest BCUT2D eigenvalue weighted by atomic mass is 19.1. The van der Waals surface area contributed by atoms with Gasteiger partial charge in [-0.2, -0.15) is 5.26 Å². The van der Waals surface area contributed by atoms with E-state index in [9.17, 15) is 9.18 Å². The second-order valence-electron chi connectivity index (χ2n) is 8.25. The molecule has 4 rings (SSSR count). The first-order valence-electron chi connectivity index (χ1n) is 11.0. The van der Waals surface area contributed by atoms with Gasteiger partial charge in [-0.1, -0.05) is 18.2 Å². The standard InChI is InChI=1S/C26H25FN6O/c1-17-31-15-25(19-5-3-18(14-28)4-6-19)33(17)16-24(30-2)20-7-8-22(23(27)13-20)26(34)32-11-9-21(29)10-12-32/h3-8,13,15-16,21H,2,9-12,29H2,1H3/b24-16-. The van der Waals surface area contributed by atoms with Crippen LogP contribution in [0, 0.1) is 24.1 Å². The minimum absolute atomic E-state index is 0.0275. The van der Waals surface area contributed by atoms with Crippen LogP contribution in [-0.4, -0.2) is 46.2 Å². The number of carbonyl (C=O) groups excluding carboxylic acids is 1. The Hall–Kier alpha value is -4.09. The predicted molar refractivity (Wildman–Crippen MR) is 130 cm³/mol. The molecular formula is C26H25FN6O. The number of aryl methyl sites for hydroxylation is 1. The van der Waals surface area contributed by atoms with Crippen LogP contribution >= 0.6 is 0 Å². The first-order valence-corrected chi connectivity index (χ1v) is 11.0. The average molecular weight is 457 g/mol. The molecule has 0 unspecified atom stereocenters. The number of hydrogen-bond acceptors (Lipinski definition) is 5. The third kappa shape index (κ3) is 4.65. The number of nitrogens with zero attached hydrogens (tertiary/aromatic N) is 5. The van der Waals surface area contributed by atoms with Crippen LogP contribution in [0.3, 0.4) is 0 Å². The van der Waals surface area contributed by atoms with Crippen molar-refractivity contribution < 1.29 is 9.18 Å². The fourth-order valence-corrected chi connectivity index (χ4v) is 4.00. The molecule has 1 fully saturated rings. The largest absolute Gasteiger partial charge is 0.338 e. The van der Waals surface area contributed by atoms with Gasteiger partial charge in [-0.05, 0) is 50.7 Å². The summed E-state index contributed by atoms with van der Waals surface area (Å²) in [6, 6.07) is 13.8. The Balaban J connectivity index is 1.64. The zero-order valence-corrected chi connectivity index (χ0v) is 18.9. The number of aliphatic imine (C=N–C) groups is 1. The van der Waals surface area contributed by atoms with E-state index in [-0.39, 0.29) is 17.5 Å². The molecule has 0 saturated carbocycles. The van der Waals surface area contributed by atoms with Crippen LogP contribution in [0.25, 0.3) is 23.2 Å². The summed E-state index contributed by atoms with van der Waals surface area (Å²) >= 11 is 0. The first kappa shape index (κ1) is 23.1. The number of nitriles is 1. The summed E-state index contributed by atoms with van der Waals surface area (Å²) in [5.41, 5.74) is 9.07. The Kier molecular flexibility index (Phi) is 6.66. The van der Waals surface area contributed by atoms with E-state index < -0.39 is 5.82 Å². The Morgan fingerprint density at radius 1 is 1.26 bits per heavy atom. The van der Waals surface area contributed by atoms with Crippen molar-refractivity contribution in [1.82, 2.24) is 14.5 Å². The summed E-state index contributed by atoms with van der Waals surface area (Å²) in [6.07, 6.45) is 4.88. The Morgan fingerprint density at radius 3 is 2.59 bits per heavy atom. The highest BCUT2D eigenvalue weighted by Gasteiger charge is 2.24. The van der Waals surface area contributed by atoms with Gasteiger partial charge >= 0.3 is 0 Å². The average Bonchev–Trinajstić information content (AvgIpc) is 3.22. The number of halogens is 1. The van der Waals surface area contributed by atoms with Crippen molar-refractivity contribution in [2.75, 3.05) is 13.1 Å². The molecule has 34 heavy (non-hydrogen) atoms. The van der Waals surface area contributed by atoms with Gasteiger partial charge in [0.25, 0.3) is 5.91 Å². The summed E-state index contributed by atoms with van der Waals surface area (Å²) < 4.78 is 16.8. The van der Waals surface area contributed by atoms with Crippen LogP contribution in [0.4, 0.5) is 4.39 Å². The third-order valence-electron chi connectivity index (χ3n) is 6.04. The first-order chi connectivity index (χ1) is 16.4. The van der Waals surface area contributed by atoms with Crippen LogP contribution in [0.1, 0.15) is 40.2 Å². The number of amides is 1. The molecule has 1 saturated heterocycles. The van der Waals surface area contributed by atoms with Crippen molar-refractivity contribution in [1.29, 1.82) is 5.26 Å². The molecule has 1 aliphatic rings. The number of benzene rings is 2. The molecule has 2 heterocycles. The lowest BCUT2D eigenvalue weighted by Crippen LogP contribution is -2.43. The zero-order chi connectivity index (χ0) is 24.2. The number of rotatable bonds is 5. The number of carbonyl (C=O) groups is 1. The summed E-state index contributed by atoms with van der Waals surface area (Å²) in [7, 11) is 0. The molecule has 0 atom stereocenters. The van der Waals surface area contributed by atoms with Gasteiger partial charge in [-0.3, -0.25) is 9.79 Å². The smallest absolute Gasteiger partial charge is 0.256 e. The maximum atomic E-state index is 15.0. The van der Waals surface area contributed by atoms with Crippen LogP contribution in [0.15, 0.2) is 53.7 Å². The molecule has 0 aliphatic carbocycles.